The van der Waals surface area contributed by atoms with E-state index in [2.05, 4.69) is 5.32 Å². The fraction of sp³-hybridized carbons (Fsp3) is 0.875. The normalized spacial score (nSPS) is 34.9. The first-order valence-electron chi connectivity index (χ1n) is 3.98. The Labute approximate surface area is 62.0 Å². The SMILES string of the molecule is CC1(C=O)CCCCCN1. The van der Waals surface area contributed by atoms with Gasteiger partial charge in [0.15, 0.2) is 0 Å². The Balaban J connectivity index is 2.48. The van der Waals surface area contributed by atoms with Gasteiger partial charge in [-0.3, -0.25) is 0 Å². The van der Waals surface area contributed by atoms with Crippen molar-refractivity contribution in [3.8, 4) is 0 Å². The number of hydrogen-bond donors (Lipinski definition) is 1. The zero-order valence-corrected chi connectivity index (χ0v) is 6.52. The van der Waals surface area contributed by atoms with E-state index in [4.69, 9.17) is 0 Å². The average molecular weight is 141 g/mol. The van der Waals surface area contributed by atoms with Crippen molar-refractivity contribution in [3.63, 3.8) is 0 Å². The van der Waals surface area contributed by atoms with Gasteiger partial charge in [0.2, 0.25) is 0 Å². The maximum absolute atomic E-state index is 10.6. The summed E-state index contributed by atoms with van der Waals surface area (Å²) in [6, 6.07) is 0. The van der Waals surface area contributed by atoms with E-state index in [0.717, 1.165) is 19.3 Å². The minimum Gasteiger partial charge on any atom is -0.305 e. The van der Waals surface area contributed by atoms with Crippen molar-refractivity contribution in [3.05, 3.63) is 0 Å². The molecule has 0 spiro atoms. The van der Waals surface area contributed by atoms with Crippen LogP contribution >= 0.6 is 0 Å². The molecule has 0 bridgehead atoms. The standard InChI is InChI=1S/C8H15NO/c1-8(7-10)5-3-2-4-6-9-8/h7,9H,2-6H2,1H3. The molecule has 0 radical (unpaired) electrons. The van der Waals surface area contributed by atoms with Crippen molar-refractivity contribution in [1.29, 1.82) is 0 Å². The van der Waals surface area contributed by atoms with Crippen LogP contribution in [0.1, 0.15) is 32.6 Å². The fourth-order valence-corrected chi connectivity index (χ4v) is 1.36. The van der Waals surface area contributed by atoms with Crippen molar-refractivity contribution < 1.29 is 4.79 Å². The van der Waals surface area contributed by atoms with Gasteiger partial charge in [-0.05, 0) is 26.3 Å². The minimum absolute atomic E-state index is 0.226. The van der Waals surface area contributed by atoms with Gasteiger partial charge in [-0.2, -0.15) is 0 Å². The fourth-order valence-electron chi connectivity index (χ4n) is 1.36. The lowest BCUT2D eigenvalue weighted by molar-refractivity contribution is -0.113. The average Bonchev–Trinajstić information content (AvgIpc) is 2.15. The molecular formula is C8H15NO. The molecule has 10 heavy (non-hydrogen) atoms. The van der Waals surface area contributed by atoms with Crippen LogP contribution in [-0.4, -0.2) is 18.4 Å². The molecule has 1 heterocycles. The third-order valence-electron chi connectivity index (χ3n) is 2.16. The molecule has 0 aromatic carbocycles. The van der Waals surface area contributed by atoms with Crippen molar-refractivity contribution in [2.45, 2.75) is 38.1 Å². The largest absolute Gasteiger partial charge is 0.305 e. The third kappa shape index (κ3) is 1.81. The Kier molecular flexibility index (Phi) is 2.44. The van der Waals surface area contributed by atoms with Crippen LogP contribution in [0.2, 0.25) is 0 Å². The lowest BCUT2D eigenvalue weighted by atomic mass is 9.98. The number of nitrogens with one attached hydrogen (secondary N) is 1. The van der Waals surface area contributed by atoms with Gasteiger partial charge in [0.25, 0.3) is 0 Å². The van der Waals surface area contributed by atoms with Crippen LogP contribution in [0.4, 0.5) is 0 Å². The molecule has 1 saturated heterocycles. The summed E-state index contributed by atoms with van der Waals surface area (Å²) in [5.41, 5.74) is -0.226. The summed E-state index contributed by atoms with van der Waals surface area (Å²) in [6.45, 7) is 2.97. The van der Waals surface area contributed by atoms with Crippen molar-refractivity contribution >= 4 is 6.29 Å². The highest BCUT2D eigenvalue weighted by atomic mass is 16.1. The molecular weight excluding hydrogens is 126 g/mol. The Morgan fingerprint density at radius 3 is 2.90 bits per heavy atom. The van der Waals surface area contributed by atoms with E-state index in [9.17, 15) is 4.79 Å². The molecule has 58 valence electrons. The Hall–Kier alpha value is -0.370. The quantitative estimate of drug-likeness (QED) is 0.554. The van der Waals surface area contributed by atoms with Crippen LogP contribution in [0.3, 0.4) is 0 Å². The highest BCUT2D eigenvalue weighted by Gasteiger charge is 2.23. The molecule has 1 fully saturated rings. The first kappa shape index (κ1) is 7.73. The van der Waals surface area contributed by atoms with E-state index < -0.39 is 0 Å². The Morgan fingerprint density at radius 1 is 1.40 bits per heavy atom. The van der Waals surface area contributed by atoms with Crippen LogP contribution in [-0.2, 0) is 4.79 Å². The van der Waals surface area contributed by atoms with Gasteiger partial charge in [-0.15, -0.1) is 0 Å². The molecule has 0 amide bonds. The lowest BCUT2D eigenvalue weighted by Gasteiger charge is -2.21. The van der Waals surface area contributed by atoms with Gasteiger partial charge in [-0.25, -0.2) is 0 Å². The Morgan fingerprint density at radius 2 is 2.20 bits per heavy atom. The second-order valence-corrected chi connectivity index (χ2v) is 3.27. The lowest BCUT2D eigenvalue weighted by Crippen LogP contribution is -2.42. The molecule has 0 aromatic rings. The summed E-state index contributed by atoms with van der Waals surface area (Å²) in [5.74, 6) is 0. The summed E-state index contributed by atoms with van der Waals surface area (Å²) >= 11 is 0. The second-order valence-electron chi connectivity index (χ2n) is 3.27. The second kappa shape index (κ2) is 3.15. The van der Waals surface area contributed by atoms with E-state index in [-0.39, 0.29) is 5.54 Å². The maximum Gasteiger partial charge on any atom is 0.139 e. The summed E-state index contributed by atoms with van der Waals surface area (Å²) in [4.78, 5) is 10.6. The first-order chi connectivity index (χ1) is 4.77. The van der Waals surface area contributed by atoms with Crippen LogP contribution in [0.25, 0.3) is 0 Å². The molecule has 1 aliphatic rings. The summed E-state index contributed by atoms with van der Waals surface area (Å²) in [5, 5.41) is 3.24. The molecule has 1 aliphatic heterocycles. The number of carbonyl (C=O) groups excluding carboxylic acids is 1. The van der Waals surface area contributed by atoms with E-state index >= 15 is 0 Å². The van der Waals surface area contributed by atoms with Gasteiger partial charge in [0.05, 0.1) is 5.54 Å². The smallest absolute Gasteiger partial charge is 0.139 e. The van der Waals surface area contributed by atoms with Crippen molar-refractivity contribution in [2.75, 3.05) is 6.54 Å². The van der Waals surface area contributed by atoms with Crippen LogP contribution in [0, 0.1) is 0 Å². The third-order valence-corrected chi connectivity index (χ3v) is 2.16. The summed E-state index contributed by atoms with van der Waals surface area (Å²) < 4.78 is 0. The topological polar surface area (TPSA) is 29.1 Å². The molecule has 0 aromatic heterocycles. The van der Waals surface area contributed by atoms with Crippen molar-refractivity contribution in [1.82, 2.24) is 5.32 Å². The van der Waals surface area contributed by atoms with Gasteiger partial charge < -0.3 is 10.1 Å². The number of rotatable bonds is 1. The van der Waals surface area contributed by atoms with Gasteiger partial charge in [-0.1, -0.05) is 12.8 Å². The molecule has 0 saturated carbocycles. The molecule has 0 aliphatic carbocycles. The van der Waals surface area contributed by atoms with Crippen LogP contribution in [0.15, 0.2) is 0 Å². The van der Waals surface area contributed by atoms with E-state index in [1.807, 2.05) is 6.92 Å². The van der Waals surface area contributed by atoms with Crippen LogP contribution in [0.5, 0.6) is 0 Å². The molecule has 1 rings (SSSR count). The number of hydrogen-bond acceptors (Lipinski definition) is 2. The highest BCUT2D eigenvalue weighted by molar-refractivity contribution is 5.63. The predicted octanol–water partition coefficient (Wildman–Crippen LogP) is 1.11. The molecule has 2 nitrogen and oxygen atoms in total. The Bertz CT molecular complexity index is 114. The van der Waals surface area contributed by atoms with Gasteiger partial charge >= 0.3 is 0 Å². The monoisotopic (exact) mass is 141 g/mol. The highest BCUT2D eigenvalue weighted by Crippen LogP contribution is 2.15. The van der Waals surface area contributed by atoms with E-state index in [0.29, 0.717) is 0 Å². The van der Waals surface area contributed by atoms with Gasteiger partial charge in [0.1, 0.15) is 6.29 Å². The number of aldehydes is 1. The van der Waals surface area contributed by atoms with Crippen molar-refractivity contribution in [2.24, 2.45) is 0 Å². The molecule has 1 N–H and O–H groups in total. The first-order valence-corrected chi connectivity index (χ1v) is 3.98. The number of carbonyl (C=O) groups is 1. The minimum atomic E-state index is -0.226. The van der Waals surface area contributed by atoms with Gasteiger partial charge in [0, 0.05) is 0 Å². The molecule has 2 heteroatoms. The predicted molar refractivity (Wildman–Crippen MR) is 40.9 cm³/mol. The maximum atomic E-state index is 10.6. The summed E-state index contributed by atoms with van der Waals surface area (Å²) in [7, 11) is 0. The zero-order valence-electron chi connectivity index (χ0n) is 6.52. The molecule has 1 unspecified atom stereocenters. The molecule has 1 atom stereocenters. The van der Waals surface area contributed by atoms with E-state index in [1.165, 1.54) is 19.3 Å². The van der Waals surface area contributed by atoms with Crippen LogP contribution < -0.4 is 5.32 Å². The summed E-state index contributed by atoms with van der Waals surface area (Å²) in [6.07, 6.45) is 5.69. The van der Waals surface area contributed by atoms with E-state index in [1.54, 1.807) is 0 Å². The zero-order chi connectivity index (χ0) is 7.45.